The first kappa shape index (κ1) is 15.4. The summed E-state index contributed by atoms with van der Waals surface area (Å²) in [4.78, 5) is 22.7. The summed E-state index contributed by atoms with van der Waals surface area (Å²) in [5.74, 6) is 0.784. The van der Waals surface area contributed by atoms with Crippen LogP contribution >= 0.6 is 11.3 Å². The second kappa shape index (κ2) is 6.75. The Morgan fingerprint density at radius 1 is 1.39 bits per heavy atom. The molecule has 0 radical (unpaired) electrons. The van der Waals surface area contributed by atoms with E-state index in [9.17, 15) is 4.79 Å². The number of pyridine rings is 1. The molecule has 23 heavy (non-hydrogen) atoms. The topological polar surface area (TPSA) is 59.2 Å². The zero-order valence-electron chi connectivity index (χ0n) is 13.0. The lowest BCUT2D eigenvalue weighted by Crippen LogP contribution is -2.30. The number of furan rings is 1. The minimum atomic E-state index is -0.103. The van der Waals surface area contributed by atoms with Gasteiger partial charge in [-0.25, -0.2) is 4.98 Å². The smallest absolute Gasteiger partial charge is 0.228 e. The first-order valence-corrected chi connectivity index (χ1v) is 8.17. The van der Waals surface area contributed by atoms with Gasteiger partial charge in [-0.15, -0.1) is 11.3 Å². The Labute approximate surface area is 138 Å². The Kier molecular flexibility index (Phi) is 4.52. The summed E-state index contributed by atoms with van der Waals surface area (Å²) in [5.41, 5.74) is 1.74. The average molecular weight is 327 g/mol. The second-order valence-electron chi connectivity index (χ2n) is 5.26. The summed E-state index contributed by atoms with van der Waals surface area (Å²) in [5, 5.41) is 2.80. The van der Waals surface area contributed by atoms with Gasteiger partial charge in [0.1, 0.15) is 10.8 Å². The number of aromatic nitrogens is 2. The maximum atomic E-state index is 12.4. The first-order valence-electron chi connectivity index (χ1n) is 7.29. The summed E-state index contributed by atoms with van der Waals surface area (Å²) in [6.07, 6.45) is 5.39. The van der Waals surface area contributed by atoms with Crippen LogP contribution in [0.4, 0.5) is 0 Å². The minimum Gasteiger partial charge on any atom is -0.467 e. The molecule has 0 saturated heterocycles. The van der Waals surface area contributed by atoms with Crippen molar-refractivity contribution in [3.63, 3.8) is 0 Å². The number of amides is 1. The van der Waals surface area contributed by atoms with Crippen LogP contribution in [0.2, 0.25) is 0 Å². The molecule has 5 nitrogen and oxygen atoms in total. The highest BCUT2D eigenvalue weighted by atomic mass is 32.1. The number of thiazole rings is 1. The third-order valence-electron chi connectivity index (χ3n) is 3.72. The largest absolute Gasteiger partial charge is 0.467 e. The van der Waals surface area contributed by atoms with E-state index in [1.807, 2.05) is 36.6 Å². The third-order valence-corrected chi connectivity index (χ3v) is 4.66. The molecule has 6 heteroatoms. The molecule has 0 N–H and O–H groups in total. The van der Waals surface area contributed by atoms with Crippen LogP contribution in [-0.2, 0) is 11.2 Å². The molecule has 0 aliphatic heterocycles. The van der Waals surface area contributed by atoms with Crippen LogP contribution in [-0.4, -0.2) is 27.8 Å². The lowest BCUT2D eigenvalue weighted by molar-refractivity contribution is -0.131. The van der Waals surface area contributed by atoms with Crippen LogP contribution in [0, 0.1) is 0 Å². The van der Waals surface area contributed by atoms with Crippen LogP contribution in [0.15, 0.2) is 52.7 Å². The Morgan fingerprint density at radius 2 is 2.26 bits per heavy atom. The average Bonchev–Trinajstić information content (AvgIpc) is 3.26. The molecule has 0 fully saturated rings. The molecule has 0 spiro atoms. The van der Waals surface area contributed by atoms with E-state index in [1.54, 1.807) is 30.6 Å². The Hall–Kier alpha value is -2.47. The van der Waals surface area contributed by atoms with Gasteiger partial charge in [-0.2, -0.15) is 0 Å². The summed E-state index contributed by atoms with van der Waals surface area (Å²) in [7, 11) is 1.78. The molecule has 1 amide bonds. The van der Waals surface area contributed by atoms with Gasteiger partial charge in [-0.3, -0.25) is 9.78 Å². The van der Waals surface area contributed by atoms with Crippen LogP contribution in [0.1, 0.15) is 24.4 Å². The molecule has 0 bridgehead atoms. The quantitative estimate of drug-likeness (QED) is 0.719. The van der Waals surface area contributed by atoms with Crippen molar-refractivity contribution in [2.45, 2.75) is 19.4 Å². The van der Waals surface area contributed by atoms with Crippen molar-refractivity contribution < 1.29 is 9.21 Å². The number of rotatable bonds is 5. The van der Waals surface area contributed by atoms with Crippen LogP contribution in [0.5, 0.6) is 0 Å². The van der Waals surface area contributed by atoms with Crippen molar-refractivity contribution in [3.8, 4) is 10.6 Å². The van der Waals surface area contributed by atoms with E-state index in [2.05, 4.69) is 9.97 Å². The van der Waals surface area contributed by atoms with Gasteiger partial charge in [0, 0.05) is 30.4 Å². The van der Waals surface area contributed by atoms with Crippen molar-refractivity contribution in [3.05, 3.63) is 59.8 Å². The van der Waals surface area contributed by atoms with Gasteiger partial charge in [0.25, 0.3) is 0 Å². The van der Waals surface area contributed by atoms with E-state index in [4.69, 9.17) is 4.42 Å². The highest BCUT2D eigenvalue weighted by Crippen LogP contribution is 2.24. The molecule has 0 saturated carbocycles. The molecule has 1 atom stereocenters. The van der Waals surface area contributed by atoms with Crippen molar-refractivity contribution in [2.24, 2.45) is 0 Å². The molecule has 0 aliphatic carbocycles. The van der Waals surface area contributed by atoms with Gasteiger partial charge in [0.05, 0.1) is 24.4 Å². The lowest BCUT2D eigenvalue weighted by Gasteiger charge is -2.22. The van der Waals surface area contributed by atoms with Crippen LogP contribution in [0.25, 0.3) is 10.6 Å². The standard InChI is InChI=1S/C17H17N3O2S/c1-12(15-6-4-8-22-15)20(2)16(21)9-14-11-23-17(19-14)13-5-3-7-18-10-13/h3-8,10-12H,9H2,1-2H3. The normalized spacial score (nSPS) is 12.1. The van der Waals surface area contributed by atoms with E-state index in [0.717, 1.165) is 22.0 Å². The summed E-state index contributed by atoms with van der Waals surface area (Å²) in [6.45, 7) is 1.94. The lowest BCUT2D eigenvalue weighted by atomic mass is 10.2. The molecular weight excluding hydrogens is 310 g/mol. The molecule has 3 aromatic rings. The number of nitrogens with zero attached hydrogens (tertiary/aromatic N) is 3. The van der Waals surface area contributed by atoms with Crippen molar-refractivity contribution in [1.82, 2.24) is 14.9 Å². The highest BCUT2D eigenvalue weighted by molar-refractivity contribution is 7.13. The molecule has 1 unspecified atom stereocenters. The first-order chi connectivity index (χ1) is 11.1. The maximum Gasteiger partial charge on any atom is 0.228 e. The van der Waals surface area contributed by atoms with Gasteiger partial charge < -0.3 is 9.32 Å². The molecule has 3 aromatic heterocycles. The van der Waals surface area contributed by atoms with Gasteiger partial charge in [0.15, 0.2) is 0 Å². The van der Waals surface area contributed by atoms with Gasteiger partial charge in [-0.1, -0.05) is 0 Å². The Bertz CT molecular complexity index is 768. The molecule has 118 valence electrons. The number of hydrogen-bond donors (Lipinski definition) is 0. The van der Waals surface area contributed by atoms with E-state index >= 15 is 0 Å². The fraction of sp³-hybridized carbons (Fsp3) is 0.235. The molecule has 3 rings (SSSR count). The van der Waals surface area contributed by atoms with Crippen molar-refractivity contribution in [1.29, 1.82) is 0 Å². The third kappa shape index (κ3) is 3.48. The zero-order valence-corrected chi connectivity index (χ0v) is 13.8. The minimum absolute atomic E-state index is 0.0111. The predicted molar refractivity (Wildman–Crippen MR) is 88.9 cm³/mol. The maximum absolute atomic E-state index is 12.4. The van der Waals surface area contributed by atoms with E-state index < -0.39 is 0 Å². The van der Waals surface area contributed by atoms with Gasteiger partial charge in [-0.05, 0) is 31.2 Å². The summed E-state index contributed by atoms with van der Waals surface area (Å²) in [6, 6.07) is 7.43. The number of hydrogen-bond acceptors (Lipinski definition) is 5. The number of likely N-dealkylation sites (N-methyl/N-ethyl adjacent to an activating group) is 1. The zero-order chi connectivity index (χ0) is 16.2. The SMILES string of the molecule is CC(c1ccco1)N(C)C(=O)Cc1csc(-c2cccnc2)n1. The van der Waals surface area contributed by atoms with E-state index in [1.165, 1.54) is 11.3 Å². The van der Waals surface area contributed by atoms with Crippen LogP contribution < -0.4 is 0 Å². The monoisotopic (exact) mass is 327 g/mol. The van der Waals surface area contributed by atoms with E-state index in [0.29, 0.717) is 0 Å². The number of carbonyl (C=O) groups is 1. The van der Waals surface area contributed by atoms with Crippen molar-refractivity contribution >= 4 is 17.2 Å². The molecule has 0 aromatic carbocycles. The highest BCUT2D eigenvalue weighted by Gasteiger charge is 2.20. The second-order valence-corrected chi connectivity index (χ2v) is 6.12. The fourth-order valence-corrected chi connectivity index (χ4v) is 3.04. The molecule has 3 heterocycles. The molecule has 0 aliphatic rings. The Morgan fingerprint density at radius 3 is 2.96 bits per heavy atom. The van der Waals surface area contributed by atoms with Gasteiger partial charge >= 0.3 is 0 Å². The Balaban J connectivity index is 1.67. The predicted octanol–water partition coefficient (Wildman–Crippen LogP) is 3.56. The van der Waals surface area contributed by atoms with Gasteiger partial charge in [0.2, 0.25) is 5.91 Å². The molecular formula is C17H17N3O2S. The summed E-state index contributed by atoms with van der Waals surface area (Å²) < 4.78 is 5.36. The fourth-order valence-electron chi connectivity index (χ4n) is 2.23. The van der Waals surface area contributed by atoms with E-state index in [-0.39, 0.29) is 18.4 Å². The van der Waals surface area contributed by atoms with Crippen LogP contribution in [0.3, 0.4) is 0 Å². The summed E-state index contributed by atoms with van der Waals surface area (Å²) >= 11 is 1.52. The number of carbonyl (C=O) groups excluding carboxylic acids is 1. The van der Waals surface area contributed by atoms with Crippen molar-refractivity contribution in [2.75, 3.05) is 7.05 Å².